The Labute approximate surface area is 103 Å². The van der Waals surface area contributed by atoms with Crippen LogP contribution in [-0.2, 0) is 16.6 Å². The summed E-state index contributed by atoms with van der Waals surface area (Å²) >= 11 is 0. The minimum Gasteiger partial charge on any atom is -0.478 e. The van der Waals surface area contributed by atoms with Gasteiger partial charge >= 0.3 is 5.97 Å². The summed E-state index contributed by atoms with van der Waals surface area (Å²) in [5.74, 6) is -0.881. The second-order valence-electron chi connectivity index (χ2n) is 5.23. The van der Waals surface area contributed by atoms with Crippen molar-refractivity contribution in [3.63, 3.8) is 0 Å². The van der Waals surface area contributed by atoms with Gasteiger partial charge in [0.2, 0.25) is 0 Å². The van der Waals surface area contributed by atoms with E-state index in [9.17, 15) is 4.79 Å². The summed E-state index contributed by atoms with van der Waals surface area (Å²) in [5.41, 5.74) is 2.75. The number of aliphatic carboxylic acids is 1. The highest BCUT2D eigenvalue weighted by Crippen LogP contribution is 2.22. The van der Waals surface area contributed by atoms with E-state index in [1.165, 1.54) is 17.2 Å². The molecule has 0 aromatic heterocycles. The Morgan fingerprint density at radius 2 is 1.82 bits per heavy atom. The van der Waals surface area contributed by atoms with Gasteiger partial charge in [0.05, 0.1) is 0 Å². The smallest absolute Gasteiger partial charge is 0.327 e. The molecule has 0 saturated heterocycles. The number of carboxylic acids is 1. The number of benzene rings is 1. The average Bonchev–Trinajstić information content (AvgIpc) is 2.23. The molecule has 0 spiro atoms. The van der Waals surface area contributed by atoms with E-state index in [0.29, 0.717) is 0 Å². The number of carboxylic acid groups (broad SMARTS) is 1. The van der Waals surface area contributed by atoms with Gasteiger partial charge in [-0.05, 0) is 29.4 Å². The number of hydrogen-bond donors (Lipinski definition) is 1. The van der Waals surface area contributed by atoms with E-state index in [4.69, 9.17) is 5.11 Å². The summed E-state index contributed by atoms with van der Waals surface area (Å²) < 4.78 is 0. The molecule has 1 aromatic carbocycles. The van der Waals surface area contributed by atoms with Crippen LogP contribution < -0.4 is 0 Å². The van der Waals surface area contributed by atoms with Gasteiger partial charge in [-0.3, -0.25) is 0 Å². The second kappa shape index (κ2) is 5.67. The number of hydrogen-bond acceptors (Lipinski definition) is 1. The van der Waals surface area contributed by atoms with E-state index in [-0.39, 0.29) is 5.41 Å². The van der Waals surface area contributed by atoms with Gasteiger partial charge in [0.15, 0.2) is 0 Å². The zero-order chi connectivity index (χ0) is 12.9. The van der Waals surface area contributed by atoms with Gasteiger partial charge in [0, 0.05) is 6.08 Å². The first kappa shape index (κ1) is 13.5. The topological polar surface area (TPSA) is 37.3 Å². The third-order valence-corrected chi connectivity index (χ3v) is 2.68. The summed E-state index contributed by atoms with van der Waals surface area (Å²) in [4.78, 5) is 10.3. The Balaban J connectivity index is 2.55. The quantitative estimate of drug-likeness (QED) is 0.806. The highest BCUT2D eigenvalue weighted by Gasteiger charge is 2.12. The average molecular weight is 232 g/mol. The van der Waals surface area contributed by atoms with E-state index < -0.39 is 5.97 Å². The summed E-state index contributed by atoms with van der Waals surface area (Å²) in [6.07, 6.45) is 4.54. The molecule has 0 heterocycles. The van der Waals surface area contributed by atoms with E-state index >= 15 is 0 Å². The molecule has 1 N–H and O–H groups in total. The van der Waals surface area contributed by atoms with Crippen molar-refractivity contribution in [3.05, 3.63) is 47.5 Å². The lowest BCUT2D eigenvalue weighted by atomic mass is 9.86. The molecule has 0 unspecified atom stereocenters. The van der Waals surface area contributed by atoms with Crippen molar-refractivity contribution in [2.75, 3.05) is 0 Å². The summed E-state index contributed by atoms with van der Waals surface area (Å²) in [7, 11) is 0. The Bertz CT molecular complexity index is 394. The Kier molecular flexibility index (Phi) is 4.50. The maximum absolute atomic E-state index is 10.3. The van der Waals surface area contributed by atoms with E-state index in [1.807, 2.05) is 0 Å². The highest BCUT2D eigenvalue weighted by molar-refractivity contribution is 5.79. The lowest BCUT2D eigenvalue weighted by molar-refractivity contribution is -0.131. The monoisotopic (exact) mass is 232 g/mol. The number of aryl methyl sites for hydroxylation is 1. The third-order valence-electron chi connectivity index (χ3n) is 2.68. The molecule has 1 aromatic rings. The van der Waals surface area contributed by atoms with Crippen LogP contribution >= 0.6 is 0 Å². The van der Waals surface area contributed by atoms with Crippen molar-refractivity contribution in [1.29, 1.82) is 0 Å². The molecule has 0 amide bonds. The summed E-state index contributed by atoms with van der Waals surface area (Å²) in [5, 5.41) is 8.45. The Morgan fingerprint density at radius 3 is 2.29 bits per heavy atom. The Hall–Kier alpha value is -1.57. The number of rotatable bonds is 4. The third kappa shape index (κ3) is 4.85. The first-order chi connectivity index (χ1) is 7.89. The van der Waals surface area contributed by atoms with Gasteiger partial charge in [-0.15, -0.1) is 0 Å². The van der Waals surface area contributed by atoms with Crippen molar-refractivity contribution < 1.29 is 9.90 Å². The van der Waals surface area contributed by atoms with Crippen LogP contribution in [0.25, 0.3) is 0 Å². The first-order valence-corrected chi connectivity index (χ1v) is 5.88. The van der Waals surface area contributed by atoms with E-state index in [0.717, 1.165) is 12.8 Å². The van der Waals surface area contributed by atoms with Crippen molar-refractivity contribution in [3.8, 4) is 0 Å². The standard InChI is InChI=1S/C15H20O2/c1-15(2,3)13-10-8-12(9-11-13)6-4-5-7-14(16)17/h5,7-11H,4,6H2,1-3H3,(H,16,17)/b7-5+. The molecule has 2 heteroatoms. The van der Waals surface area contributed by atoms with Crippen LogP contribution in [0.1, 0.15) is 38.3 Å². The van der Waals surface area contributed by atoms with Gasteiger partial charge in [-0.2, -0.15) is 0 Å². The molecule has 0 fully saturated rings. The second-order valence-corrected chi connectivity index (χ2v) is 5.23. The van der Waals surface area contributed by atoms with Crippen LogP contribution in [0, 0.1) is 0 Å². The van der Waals surface area contributed by atoms with Gasteiger partial charge in [-0.25, -0.2) is 4.79 Å². The van der Waals surface area contributed by atoms with Crippen molar-refractivity contribution in [2.45, 2.75) is 39.0 Å². The largest absolute Gasteiger partial charge is 0.478 e. The van der Waals surface area contributed by atoms with Crippen molar-refractivity contribution in [2.24, 2.45) is 0 Å². The molecule has 2 nitrogen and oxygen atoms in total. The van der Waals surface area contributed by atoms with Gasteiger partial charge < -0.3 is 5.11 Å². The molecule has 0 atom stereocenters. The van der Waals surface area contributed by atoms with Crippen LogP contribution in [0.4, 0.5) is 0 Å². The zero-order valence-corrected chi connectivity index (χ0v) is 10.7. The van der Waals surface area contributed by atoms with E-state index in [2.05, 4.69) is 45.0 Å². The highest BCUT2D eigenvalue weighted by atomic mass is 16.4. The van der Waals surface area contributed by atoms with Crippen LogP contribution in [-0.4, -0.2) is 11.1 Å². The lowest BCUT2D eigenvalue weighted by Gasteiger charge is -2.19. The predicted molar refractivity (Wildman–Crippen MR) is 70.2 cm³/mol. The molecule has 17 heavy (non-hydrogen) atoms. The SMILES string of the molecule is CC(C)(C)c1ccc(CC/C=C/C(=O)O)cc1. The molecule has 1 rings (SSSR count). The van der Waals surface area contributed by atoms with Crippen LogP contribution in [0.5, 0.6) is 0 Å². The molecule has 0 saturated carbocycles. The molecule has 0 bridgehead atoms. The van der Waals surface area contributed by atoms with Crippen molar-refractivity contribution >= 4 is 5.97 Å². The van der Waals surface area contributed by atoms with Crippen LogP contribution in [0.2, 0.25) is 0 Å². The number of carbonyl (C=O) groups is 1. The fraction of sp³-hybridized carbons (Fsp3) is 0.400. The maximum Gasteiger partial charge on any atom is 0.327 e. The molecule has 0 radical (unpaired) electrons. The molecular weight excluding hydrogens is 212 g/mol. The van der Waals surface area contributed by atoms with Gasteiger partial charge in [0.1, 0.15) is 0 Å². The molecule has 92 valence electrons. The summed E-state index contributed by atoms with van der Waals surface area (Å²) in [6.45, 7) is 6.58. The maximum atomic E-state index is 10.3. The van der Waals surface area contributed by atoms with Gasteiger partial charge in [-0.1, -0.05) is 51.1 Å². The summed E-state index contributed by atoms with van der Waals surface area (Å²) in [6, 6.07) is 8.54. The van der Waals surface area contributed by atoms with Crippen molar-refractivity contribution in [1.82, 2.24) is 0 Å². The molecule has 0 aliphatic heterocycles. The molecule has 0 aliphatic carbocycles. The fourth-order valence-electron chi connectivity index (χ4n) is 1.61. The van der Waals surface area contributed by atoms with E-state index in [1.54, 1.807) is 6.08 Å². The minimum absolute atomic E-state index is 0.182. The zero-order valence-electron chi connectivity index (χ0n) is 10.7. The lowest BCUT2D eigenvalue weighted by Crippen LogP contribution is -2.10. The molecule has 0 aliphatic rings. The van der Waals surface area contributed by atoms with Crippen LogP contribution in [0.3, 0.4) is 0 Å². The molecular formula is C15H20O2. The van der Waals surface area contributed by atoms with Gasteiger partial charge in [0.25, 0.3) is 0 Å². The number of allylic oxidation sites excluding steroid dienone is 1. The minimum atomic E-state index is -0.881. The van der Waals surface area contributed by atoms with Crippen LogP contribution in [0.15, 0.2) is 36.4 Å². The fourth-order valence-corrected chi connectivity index (χ4v) is 1.61. The Morgan fingerprint density at radius 1 is 1.24 bits per heavy atom. The predicted octanol–water partition coefficient (Wildman–Crippen LogP) is 3.56. The normalized spacial score (nSPS) is 11.9. The first-order valence-electron chi connectivity index (χ1n) is 5.88.